The minimum atomic E-state index is -0.183. The Hall–Kier alpha value is -3.14. The van der Waals surface area contributed by atoms with Crippen LogP contribution in [0.25, 0.3) is 0 Å². The SMILES string of the molecule is O=Cc1cccc(OCCOCCOCCOCCOc2cccc(C=O)c2O)c1O. The van der Waals surface area contributed by atoms with Crippen LogP contribution >= 0.6 is 0 Å². The Balaban J connectivity index is 1.42. The maximum atomic E-state index is 10.8. The molecule has 0 aliphatic carbocycles. The van der Waals surface area contributed by atoms with Gasteiger partial charge in [0.1, 0.15) is 13.2 Å². The minimum Gasteiger partial charge on any atom is -0.504 e. The lowest BCUT2D eigenvalue weighted by atomic mass is 10.2. The summed E-state index contributed by atoms with van der Waals surface area (Å²) in [6.45, 7) is 2.59. The molecule has 0 amide bonds. The Labute approximate surface area is 180 Å². The summed E-state index contributed by atoms with van der Waals surface area (Å²) >= 11 is 0. The number of phenolic OH excluding ortho intramolecular Hbond substituents is 2. The van der Waals surface area contributed by atoms with Crippen molar-refractivity contribution in [1.29, 1.82) is 0 Å². The number of benzene rings is 2. The highest BCUT2D eigenvalue weighted by atomic mass is 16.6. The molecular weight excluding hydrogens is 408 g/mol. The highest BCUT2D eigenvalue weighted by Crippen LogP contribution is 2.29. The molecule has 9 heteroatoms. The second-order valence-corrected chi connectivity index (χ2v) is 6.16. The van der Waals surface area contributed by atoms with Crippen LogP contribution in [0.3, 0.4) is 0 Å². The van der Waals surface area contributed by atoms with Gasteiger partial charge >= 0.3 is 0 Å². The van der Waals surface area contributed by atoms with Crippen molar-refractivity contribution in [1.82, 2.24) is 0 Å². The van der Waals surface area contributed by atoms with E-state index < -0.39 is 0 Å². The van der Waals surface area contributed by atoms with Crippen LogP contribution in [0, 0.1) is 0 Å². The van der Waals surface area contributed by atoms with E-state index in [9.17, 15) is 19.8 Å². The molecule has 0 unspecified atom stereocenters. The van der Waals surface area contributed by atoms with E-state index in [2.05, 4.69) is 0 Å². The third-order valence-electron chi connectivity index (χ3n) is 4.03. The number of aldehydes is 2. The van der Waals surface area contributed by atoms with Crippen LogP contribution in [-0.2, 0) is 14.2 Å². The fourth-order valence-corrected chi connectivity index (χ4v) is 2.46. The fourth-order valence-electron chi connectivity index (χ4n) is 2.46. The highest BCUT2D eigenvalue weighted by molar-refractivity contribution is 5.81. The summed E-state index contributed by atoms with van der Waals surface area (Å²) in [5.74, 6) is 0.101. The quantitative estimate of drug-likeness (QED) is 0.303. The van der Waals surface area contributed by atoms with Crippen molar-refractivity contribution in [3.05, 3.63) is 47.5 Å². The molecular formula is C22H26O9. The lowest BCUT2D eigenvalue weighted by Crippen LogP contribution is -2.14. The molecule has 0 saturated heterocycles. The lowest BCUT2D eigenvalue weighted by molar-refractivity contribution is 0.00479. The molecule has 9 nitrogen and oxygen atoms in total. The molecule has 0 heterocycles. The third kappa shape index (κ3) is 8.25. The zero-order chi connectivity index (χ0) is 22.3. The van der Waals surface area contributed by atoms with Crippen LogP contribution in [0.1, 0.15) is 20.7 Å². The maximum absolute atomic E-state index is 10.8. The number of hydrogen-bond acceptors (Lipinski definition) is 9. The molecule has 0 radical (unpaired) electrons. The Bertz CT molecular complexity index is 755. The Morgan fingerprint density at radius 2 is 0.935 bits per heavy atom. The van der Waals surface area contributed by atoms with Gasteiger partial charge in [0.2, 0.25) is 0 Å². The molecule has 0 atom stereocenters. The van der Waals surface area contributed by atoms with Crippen LogP contribution in [0.5, 0.6) is 23.0 Å². The Morgan fingerprint density at radius 3 is 1.29 bits per heavy atom. The molecule has 0 saturated carbocycles. The number of ether oxygens (including phenoxy) is 5. The summed E-state index contributed by atoms with van der Waals surface area (Å²) in [7, 11) is 0. The number of rotatable bonds is 16. The largest absolute Gasteiger partial charge is 0.504 e. The van der Waals surface area contributed by atoms with E-state index in [0.717, 1.165) is 0 Å². The van der Waals surface area contributed by atoms with Crippen LogP contribution in [0.2, 0.25) is 0 Å². The van der Waals surface area contributed by atoms with Gasteiger partial charge in [-0.1, -0.05) is 12.1 Å². The molecule has 31 heavy (non-hydrogen) atoms. The molecule has 0 aliphatic rings. The number of hydrogen-bond donors (Lipinski definition) is 2. The molecule has 0 fully saturated rings. The normalized spacial score (nSPS) is 10.6. The molecule has 0 aromatic heterocycles. The molecule has 2 aromatic rings. The third-order valence-corrected chi connectivity index (χ3v) is 4.03. The maximum Gasteiger partial charge on any atom is 0.168 e. The zero-order valence-corrected chi connectivity index (χ0v) is 17.0. The first-order chi connectivity index (χ1) is 15.2. The summed E-state index contributed by atoms with van der Waals surface area (Å²) in [6.07, 6.45) is 1.12. The van der Waals surface area contributed by atoms with E-state index in [0.29, 0.717) is 52.2 Å². The Morgan fingerprint density at radius 1 is 0.581 bits per heavy atom. The van der Waals surface area contributed by atoms with Crippen molar-refractivity contribution in [3.8, 4) is 23.0 Å². The zero-order valence-electron chi connectivity index (χ0n) is 17.0. The number of carbonyl (C=O) groups is 2. The molecule has 0 spiro atoms. The van der Waals surface area contributed by atoms with E-state index >= 15 is 0 Å². The topological polar surface area (TPSA) is 121 Å². The first kappa shape index (κ1) is 24.1. The fraction of sp³-hybridized carbons (Fsp3) is 0.364. The predicted molar refractivity (Wildman–Crippen MR) is 110 cm³/mol. The van der Waals surface area contributed by atoms with E-state index in [4.69, 9.17) is 23.7 Å². The van der Waals surface area contributed by atoms with Gasteiger partial charge in [0, 0.05) is 0 Å². The highest BCUT2D eigenvalue weighted by Gasteiger charge is 2.08. The molecule has 0 bridgehead atoms. The average Bonchev–Trinajstić information content (AvgIpc) is 2.79. The van der Waals surface area contributed by atoms with Crippen molar-refractivity contribution in [3.63, 3.8) is 0 Å². The van der Waals surface area contributed by atoms with Crippen molar-refractivity contribution >= 4 is 12.6 Å². The van der Waals surface area contributed by atoms with E-state index in [1.165, 1.54) is 12.1 Å². The first-order valence-electron chi connectivity index (χ1n) is 9.70. The van der Waals surface area contributed by atoms with Gasteiger partial charge in [-0.2, -0.15) is 0 Å². The monoisotopic (exact) mass is 434 g/mol. The summed E-state index contributed by atoms with van der Waals surface area (Å²) in [4.78, 5) is 21.5. The summed E-state index contributed by atoms with van der Waals surface area (Å²) < 4.78 is 26.9. The van der Waals surface area contributed by atoms with Gasteiger partial charge in [-0.05, 0) is 24.3 Å². The van der Waals surface area contributed by atoms with Gasteiger partial charge in [-0.3, -0.25) is 9.59 Å². The van der Waals surface area contributed by atoms with Crippen molar-refractivity contribution < 1.29 is 43.5 Å². The van der Waals surface area contributed by atoms with Crippen LogP contribution < -0.4 is 9.47 Å². The average molecular weight is 434 g/mol. The first-order valence-corrected chi connectivity index (χ1v) is 9.70. The van der Waals surface area contributed by atoms with Crippen molar-refractivity contribution in [2.24, 2.45) is 0 Å². The summed E-state index contributed by atoms with van der Waals surface area (Å²) in [6, 6.07) is 9.38. The van der Waals surface area contributed by atoms with E-state index in [1.807, 2.05) is 0 Å². The molecule has 2 aromatic carbocycles. The number of aromatic hydroxyl groups is 2. The minimum absolute atomic E-state index is 0.172. The standard InChI is InChI=1S/C22H26O9/c23-15-17-3-1-5-19(21(17)25)30-13-11-28-9-7-27-8-10-29-12-14-31-20-6-2-4-18(16-24)22(20)26/h1-6,15-16,25-26H,7-14H2. The molecule has 2 N–H and O–H groups in total. The molecule has 0 aliphatic heterocycles. The number of para-hydroxylation sites is 2. The number of carbonyl (C=O) groups excluding carboxylic acids is 2. The number of phenols is 2. The van der Waals surface area contributed by atoms with Gasteiger partial charge in [-0.15, -0.1) is 0 Å². The lowest BCUT2D eigenvalue weighted by Gasteiger charge is -2.10. The van der Waals surface area contributed by atoms with Crippen molar-refractivity contribution in [2.45, 2.75) is 0 Å². The van der Waals surface area contributed by atoms with Gasteiger partial charge < -0.3 is 33.9 Å². The molecule has 168 valence electrons. The Kier molecular flexibility index (Phi) is 10.9. The molecule has 2 rings (SSSR count). The van der Waals surface area contributed by atoms with Gasteiger partial charge in [-0.25, -0.2) is 0 Å². The summed E-state index contributed by atoms with van der Waals surface area (Å²) in [5, 5.41) is 19.6. The summed E-state index contributed by atoms with van der Waals surface area (Å²) in [5.41, 5.74) is 0.344. The van der Waals surface area contributed by atoms with Gasteiger partial charge in [0.05, 0.1) is 50.8 Å². The smallest absolute Gasteiger partial charge is 0.168 e. The van der Waals surface area contributed by atoms with E-state index in [1.54, 1.807) is 24.3 Å². The van der Waals surface area contributed by atoms with Gasteiger partial charge in [0.25, 0.3) is 0 Å². The second-order valence-electron chi connectivity index (χ2n) is 6.16. The van der Waals surface area contributed by atoms with Crippen LogP contribution in [0.15, 0.2) is 36.4 Å². The van der Waals surface area contributed by atoms with Crippen molar-refractivity contribution in [2.75, 3.05) is 52.9 Å². The second kappa shape index (κ2) is 14.0. The van der Waals surface area contributed by atoms with E-state index in [-0.39, 0.29) is 47.3 Å². The van der Waals surface area contributed by atoms with Gasteiger partial charge in [0.15, 0.2) is 35.6 Å². The van der Waals surface area contributed by atoms with Crippen LogP contribution in [-0.4, -0.2) is 75.6 Å². The predicted octanol–water partition coefficient (Wildman–Crippen LogP) is 2.23. The van der Waals surface area contributed by atoms with Crippen LogP contribution in [0.4, 0.5) is 0 Å².